The molecule has 3 N–H and O–H groups in total. The lowest BCUT2D eigenvalue weighted by atomic mass is 10.0. The topological polar surface area (TPSA) is 67.6 Å². The number of ether oxygens (including phenoxy) is 1. The number of primary amides is 1. The molecule has 0 spiro atoms. The highest BCUT2D eigenvalue weighted by Crippen LogP contribution is 2.17. The zero-order valence-corrected chi connectivity index (χ0v) is 15.1. The van der Waals surface area contributed by atoms with Crippen molar-refractivity contribution in [2.24, 2.45) is 5.73 Å². The summed E-state index contributed by atoms with van der Waals surface area (Å²) < 4.78 is 5.84. The number of rotatable bonds is 7. The Hall–Kier alpha value is -2.53. The van der Waals surface area contributed by atoms with Crippen molar-refractivity contribution in [1.29, 1.82) is 0 Å². The van der Waals surface area contributed by atoms with Crippen molar-refractivity contribution in [2.75, 3.05) is 19.7 Å². The van der Waals surface area contributed by atoms with E-state index in [4.69, 9.17) is 10.5 Å². The molecule has 0 bridgehead atoms. The number of benzene rings is 2. The van der Waals surface area contributed by atoms with E-state index in [1.165, 1.54) is 11.1 Å². The summed E-state index contributed by atoms with van der Waals surface area (Å²) in [4.78, 5) is 13.3. The molecule has 1 saturated heterocycles. The molecule has 138 valence electrons. The zero-order chi connectivity index (χ0) is 18.2. The number of nitrogens with zero attached hydrogens (tertiary/aromatic N) is 1. The van der Waals surface area contributed by atoms with Gasteiger partial charge in [-0.3, -0.25) is 4.90 Å². The molecule has 2 amide bonds. The summed E-state index contributed by atoms with van der Waals surface area (Å²) >= 11 is 0. The van der Waals surface area contributed by atoms with Gasteiger partial charge in [0.2, 0.25) is 0 Å². The van der Waals surface area contributed by atoms with Crippen molar-refractivity contribution >= 4 is 6.03 Å². The van der Waals surface area contributed by atoms with Gasteiger partial charge >= 0.3 is 6.03 Å². The molecule has 3 rings (SSSR count). The lowest BCUT2D eigenvalue weighted by Crippen LogP contribution is -2.46. The first-order valence-corrected chi connectivity index (χ1v) is 9.23. The van der Waals surface area contributed by atoms with E-state index in [1.54, 1.807) is 0 Å². The molecule has 1 fully saturated rings. The van der Waals surface area contributed by atoms with Gasteiger partial charge in [-0.05, 0) is 36.1 Å². The van der Waals surface area contributed by atoms with Gasteiger partial charge in [0.05, 0.1) is 6.61 Å². The predicted molar refractivity (Wildman–Crippen MR) is 103 cm³/mol. The summed E-state index contributed by atoms with van der Waals surface area (Å²) in [5.74, 6) is 0.911. The summed E-state index contributed by atoms with van der Waals surface area (Å²) in [7, 11) is 0. The van der Waals surface area contributed by atoms with Gasteiger partial charge in [0, 0.05) is 32.1 Å². The number of urea groups is 1. The highest BCUT2D eigenvalue weighted by Gasteiger charge is 2.19. The number of hydrogen-bond donors (Lipinski definition) is 2. The highest BCUT2D eigenvalue weighted by atomic mass is 16.5. The molecule has 26 heavy (non-hydrogen) atoms. The fourth-order valence-electron chi connectivity index (χ4n) is 3.32. The molecule has 0 saturated carbocycles. The number of carbonyl (C=O) groups excluding carboxylic acids is 1. The van der Waals surface area contributed by atoms with Crippen molar-refractivity contribution in [2.45, 2.75) is 31.8 Å². The molecule has 1 aliphatic heterocycles. The molecule has 0 atom stereocenters. The van der Waals surface area contributed by atoms with E-state index in [0.29, 0.717) is 6.61 Å². The monoisotopic (exact) mass is 353 g/mol. The SMILES string of the molecule is NC(=O)NC1CCN(Cc2ccc(OCCc3ccccc3)cc2)CC1. The second kappa shape index (κ2) is 9.25. The third-order valence-electron chi connectivity index (χ3n) is 4.77. The molecule has 0 aromatic heterocycles. The van der Waals surface area contributed by atoms with E-state index < -0.39 is 6.03 Å². The normalized spacial score (nSPS) is 15.5. The van der Waals surface area contributed by atoms with E-state index in [1.807, 2.05) is 18.2 Å². The Morgan fingerprint density at radius 3 is 2.38 bits per heavy atom. The minimum absolute atomic E-state index is 0.212. The van der Waals surface area contributed by atoms with Gasteiger partial charge in [-0.25, -0.2) is 4.79 Å². The average molecular weight is 353 g/mol. The van der Waals surface area contributed by atoms with Gasteiger partial charge in [0.15, 0.2) is 0 Å². The Morgan fingerprint density at radius 1 is 1.04 bits per heavy atom. The molecule has 2 aromatic rings. The molecule has 2 aromatic carbocycles. The van der Waals surface area contributed by atoms with Crippen LogP contribution < -0.4 is 15.8 Å². The van der Waals surface area contributed by atoms with Gasteiger partial charge in [-0.15, -0.1) is 0 Å². The quantitative estimate of drug-likeness (QED) is 0.804. The third-order valence-corrected chi connectivity index (χ3v) is 4.77. The van der Waals surface area contributed by atoms with Crippen molar-refractivity contribution in [3.8, 4) is 5.75 Å². The first-order chi connectivity index (χ1) is 12.7. The second-order valence-corrected chi connectivity index (χ2v) is 6.79. The van der Waals surface area contributed by atoms with Gasteiger partial charge < -0.3 is 15.8 Å². The maximum absolute atomic E-state index is 10.9. The standard InChI is InChI=1S/C21H27N3O2/c22-21(25)23-19-10-13-24(14-11-19)16-18-6-8-20(9-7-18)26-15-12-17-4-2-1-3-5-17/h1-9,19H,10-16H2,(H3,22,23,25). The van der Waals surface area contributed by atoms with Crippen LogP contribution >= 0.6 is 0 Å². The van der Waals surface area contributed by atoms with Crippen LogP contribution in [0.25, 0.3) is 0 Å². The van der Waals surface area contributed by atoms with Crippen LogP contribution in [0, 0.1) is 0 Å². The van der Waals surface area contributed by atoms with Crippen molar-refractivity contribution in [3.05, 3.63) is 65.7 Å². The number of nitrogens with one attached hydrogen (secondary N) is 1. The largest absolute Gasteiger partial charge is 0.493 e. The predicted octanol–water partition coefficient (Wildman–Crippen LogP) is 2.94. The van der Waals surface area contributed by atoms with Crippen LogP contribution in [0.2, 0.25) is 0 Å². The summed E-state index contributed by atoms with van der Waals surface area (Å²) in [5.41, 5.74) is 7.76. The fourth-order valence-corrected chi connectivity index (χ4v) is 3.32. The summed E-state index contributed by atoms with van der Waals surface area (Å²) in [6, 6.07) is 18.5. The molecule has 1 heterocycles. The summed E-state index contributed by atoms with van der Waals surface area (Å²) in [6.45, 7) is 3.55. The summed E-state index contributed by atoms with van der Waals surface area (Å²) in [5, 5.41) is 2.80. The molecule has 0 radical (unpaired) electrons. The second-order valence-electron chi connectivity index (χ2n) is 6.79. The molecular weight excluding hydrogens is 326 g/mol. The lowest BCUT2D eigenvalue weighted by Gasteiger charge is -2.32. The summed E-state index contributed by atoms with van der Waals surface area (Å²) in [6.07, 6.45) is 2.81. The Morgan fingerprint density at radius 2 is 1.73 bits per heavy atom. The van der Waals surface area contributed by atoms with Crippen LogP contribution in [-0.2, 0) is 13.0 Å². The van der Waals surface area contributed by atoms with Crippen molar-refractivity contribution < 1.29 is 9.53 Å². The maximum atomic E-state index is 10.9. The number of amides is 2. The first kappa shape index (κ1) is 18.3. The van der Waals surface area contributed by atoms with E-state index in [0.717, 1.165) is 44.6 Å². The Balaban J connectivity index is 1.40. The van der Waals surface area contributed by atoms with Gasteiger partial charge in [0.25, 0.3) is 0 Å². The van der Waals surface area contributed by atoms with E-state index in [2.05, 4.69) is 46.6 Å². The van der Waals surface area contributed by atoms with E-state index >= 15 is 0 Å². The number of likely N-dealkylation sites (tertiary alicyclic amines) is 1. The van der Waals surface area contributed by atoms with Crippen LogP contribution in [0.3, 0.4) is 0 Å². The molecule has 0 unspecified atom stereocenters. The van der Waals surface area contributed by atoms with Gasteiger partial charge in [0.1, 0.15) is 5.75 Å². The molecule has 1 aliphatic rings. The van der Waals surface area contributed by atoms with Gasteiger partial charge in [-0.2, -0.15) is 0 Å². The Labute approximate surface area is 155 Å². The van der Waals surface area contributed by atoms with E-state index in [9.17, 15) is 4.79 Å². The van der Waals surface area contributed by atoms with Crippen molar-refractivity contribution in [1.82, 2.24) is 10.2 Å². The number of hydrogen-bond acceptors (Lipinski definition) is 3. The molecular formula is C21H27N3O2. The zero-order valence-electron chi connectivity index (χ0n) is 15.1. The number of carbonyl (C=O) groups is 1. The van der Waals surface area contributed by atoms with Crippen LogP contribution in [0.1, 0.15) is 24.0 Å². The first-order valence-electron chi connectivity index (χ1n) is 9.23. The lowest BCUT2D eigenvalue weighted by molar-refractivity contribution is 0.189. The highest BCUT2D eigenvalue weighted by molar-refractivity contribution is 5.71. The van der Waals surface area contributed by atoms with Crippen LogP contribution in [0.4, 0.5) is 4.79 Å². The van der Waals surface area contributed by atoms with Crippen molar-refractivity contribution in [3.63, 3.8) is 0 Å². The smallest absolute Gasteiger partial charge is 0.312 e. The Kier molecular flexibility index (Phi) is 6.50. The average Bonchev–Trinajstić information content (AvgIpc) is 2.65. The Bertz CT molecular complexity index is 680. The van der Waals surface area contributed by atoms with Crippen LogP contribution in [0.5, 0.6) is 5.75 Å². The number of nitrogens with two attached hydrogens (primary N) is 1. The minimum atomic E-state index is -0.425. The van der Waals surface area contributed by atoms with Crippen LogP contribution in [0.15, 0.2) is 54.6 Å². The van der Waals surface area contributed by atoms with Crippen LogP contribution in [-0.4, -0.2) is 36.7 Å². The maximum Gasteiger partial charge on any atom is 0.312 e. The molecule has 0 aliphatic carbocycles. The molecule has 5 nitrogen and oxygen atoms in total. The minimum Gasteiger partial charge on any atom is -0.493 e. The van der Waals surface area contributed by atoms with Gasteiger partial charge in [-0.1, -0.05) is 42.5 Å². The van der Waals surface area contributed by atoms with E-state index in [-0.39, 0.29) is 6.04 Å². The number of piperidine rings is 1. The third kappa shape index (κ3) is 5.77. The fraction of sp³-hybridized carbons (Fsp3) is 0.381. The molecule has 5 heteroatoms.